The van der Waals surface area contributed by atoms with Crippen LogP contribution in [0, 0.1) is 0 Å². The van der Waals surface area contributed by atoms with Gasteiger partial charge in [-0.25, -0.2) is 4.63 Å². The summed E-state index contributed by atoms with van der Waals surface area (Å²) < 4.78 is 4.70. The standard InChI is InChI=1S/C10H11N3O/c11-7-6-9-10(13-14-12-9)8-4-2-1-3-5-8/h1-5H,6-7,11H2. The van der Waals surface area contributed by atoms with Crippen molar-refractivity contribution in [2.75, 3.05) is 6.54 Å². The quantitative estimate of drug-likeness (QED) is 0.788. The Bertz CT molecular complexity index is 397. The summed E-state index contributed by atoms with van der Waals surface area (Å²) in [5.41, 5.74) is 8.07. The van der Waals surface area contributed by atoms with E-state index in [1.165, 1.54) is 0 Å². The van der Waals surface area contributed by atoms with Crippen molar-refractivity contribution >= 4 is 0 Å². The van der Waals surface area contributed by atoms with E-state index in [1.54, 1.807) is 0 Å². The van der Waals surface area contributed by atoms with Crippen LogP contribution in [0.1, 0.15) is 5.69 Å². The molecule has 14 heavy (non-hydrogen) atoms. The lowest BCUT2D eigenvalue weighted by Crippen LogP contribution is -2.03. The van der Waals surface area contributed by atoms with Crippen molar-refractivity contribution in [3.05, 3.63) is 36.0 Å². The SMILES string of the molecule is NCCc1nonc1-c1ccccc1. The topological polar surface area (TPSA) is 64.9 Å². The van der Waals surface area contributed by atoms with Crippen LogP contribution in [0.15, 0.2) is 35.0 Å². The van der Waals surface area contributed by atoms with E-state index in [-0.39, 0.29) is 0 Å². The Hall–Kier alpha value is -1.68. The number of rotatable bonds is 3. The Morgan fingerprint density at radius 2 is 1.93 bits per heavy atom. The van der Waals surface area contributed by atoms with E-state index in [0.717, 1.165) is 17.0 Å². The average Bonchev–Trinajstić information content (AvgIpc) is 2.68. The first-order chi connectivity index (χ1) is 6.92. The van der Waals surface area contributed by atoms with Crippen molar-refractivity contribution in [2.24, 2.45) is 5.73 Å². The normalized spacial score (nSPS) is 10.4. The number of benzene rings is 1. The van der Waals surface area contributed by atoms with Gasteiger partial charge >= 0.3 is 0 Å². The van der Waals surface area contributed by atoms with E-state index < -0.39 is 0 Å². The molecule has 4 heteroatoms. The molecule has 0 bridgehead atoms. The van der Waals surface area contributed by atoms with Gasteiger partial charge in [0, 0.05) is 12.0 Å². The first-order valence-corrected chi connectivity index (χ1v) is 4.48. The molecule has 0 spiro atoms. The summed E-state index contributed by atoms with van der Waals surface area (Å²) in [5.74, 6) is 0. The number of nitrogens with two attached hydrogens (primary N) is 1. The van der Waals surface area contributed by atoms with Crippen molar-refractivity contribution < 1.29 is 4.63 Å². The van der Waals surface area contributed by atoms with Gasteiger partial charge in [-0.05, 0) is 11.7 Å². The monoisotopic (exact) mass is 189 g/mol. The van der Waals surface area contributed by atoms with Crippen LogP contribution < -0.4 is 5.73 Å². The Morgan fingerprint density at radius 3 is 2.64 bits per heavy atom. The van der Waals surface area contributed by atoms with E-state index in [9.17, 15) is 0 Å². The average molecular weight is 189 g/mol. The molecular weight excluding hydrogens is 178 g/mol. The van der Waals surface area contributed by atoms with Gasteiger partial charge in [0.1, 0.15) is 11.4 Å². The molecule has 0 radical (unpaired) electrons. The summed E-state index contributed by atoms with van der Waals surface area (Å²) in [6.45, 7) is 0.550. The highest BCUT2D eigenvalue weighted by atomic mass is 16.6. The second-order valence-corrected chi connectivity index (χ2v) is 2.96. The van der Waals surface area contributed by atoms with Gasteiger partial charge in [-0.15, -0.1) is 0 Å². The van der Waals surface area contributed by atoms with E-state index in [4.69, 9.17) is 10.4 Å². The van der Waals surface area contributed by atoms with E-state index in [1.807, 2.05) is 30.3 Å². The Kier molecular flexibility index (Phi) is 2.55. The Balaban J connectivity index is 2.37. The lowest BCUT2D eigenvalue weighted by molar-refractivity contribution is 0.304. The van der Waals surface area contributed by atoms with Crippen LogP contribution in [0.3, 0.4) is 0 Å². The molecule has 0 aliphatic heterocycles. The van der Waals surface area contributed by atoms with Crippen LogP contribution in [0.25, 0.3) is 11.3 Å². The van der Waals surface area contributed by atoms with Crippen molar-refractivity contribution in [1.82, 2.24) is 10.3 Å². The first kappa shape index (κ1) is 8.90. The number of aromatic nitrogens is 2. The van der Waals surface area contributed by atoms with Crippen molar-refractivity contribution in [1.29, 1.82) is 0 Å². The Morgan fingerprint density at radius 1 is 1.14 bits per heavy atom. The number of nitrogens with zero attached hydrogens (tertiary/aromatic N) is 2. The van der Waals surface area contributed by atoms with Gasteiger partial charge in [0.05, 0.1) is 0 Å². The maximum atomic E-state index is 5.46. The zero-order valence-corrected chi connectivity index (χ0v) is 7.68. The maximum absolute atomic E-state index is 5.46. The summed E-state index contributed by atoms with van der Waals surface area (Å²) >= 11 is 0. The molecule has 2 aromatic rings. The van der Waals surface area contributed by atoms with Gasteiger partial charge in [-0.3, -0.25) is 0 Å². The fourth-order valence-electron chi connectivity index (χ4n) is 1.32. The molecule has 0 aliphatic carbocycles. The summed E-state index contributed by atoms with van der Waals surface area (Å²) in [6, 6.07) is 9.81. The van der Waals surface area contributed by atoms with Crippen LogP contribution in [0.2, 0.25) is 0 Å². The molecule has 1 aromatic carbocycles. The molecule has 2 rings (SSSR count). The van der Waals surface area contributed by atoms with Gasteiger partial charge < -0.3 is 5.73 Å². The van der Waals surface area contributed by atoms with Crippen LogP contribution in [-0.4, -0.2) is 16.9 Å². The summed E-state index contributed by atoms with van der Waals surface area (Å²) in [5, 5.41) is 7.68. The zero-order valence-electron chi connectivity index (χ0n) is 7.68. The van der Waals surface area contributed by atoms with Gasteiger partial charge in [-0.2, -0.15) is 0 Å². The third-order valence-corrected chi connectivity index (χ3v) is 1.98. The molecular formula is C10H11N3O. The molecule has 72 valence electrons. The van der Waals surface area contributed by atoms with Crippen molar-refractivity contribution in [2.45, 2.75) is 6.42 Å². The lowest BCUT2D eigenvalue weighted by atomic mass is 10.1. The molecule has 0 fully saturated rings. The van der Waals surface area contributed by atoms with E-state index >= 15 is 0 Å². The lowest BCUT2D eigenvalue weighted by Gasteiger charge is -1.96. The maximum Gasteiger partial charge on any atom is 0.138 e. The van der Waals surface area contributed by atoms with Crippen LogP contribution in [0.4, 0.5) is 0 Å². The largest absolute Gasteiger partial charge is 0.330 e. The van der Waals surface area contributed by atoms with Crippen LogP contribution in [0.5, 0.6) is 0 Å². The molecule has 0 aliphatic rings. The molecule has 2 N–H and O–H groups in total. The van der Waals surface area contributed by atoms with E-state index in [2.05, 4.69) is 10.3 Å². The molecule has 0 amide bonds. The van der Waals surface area contributed by atoms with Gasteiger partial charge in [0.2, 0.25) is 0 Å². The molecule has 0 saturated carbocycles. The zero-order chi connectivity index (χ0) is 9.80. The second kappa shape index (κ2) is 4.02. The molecule has 1 aromatic heterocycles. The Labute approximate surface area is 81.7 Å². The van der Waals surface area contributed by atoms with Gasteiger partial charge in [-0.1, -0.05) is 35.5 Å². The molecule has 0 unspecified atom stereocenters. The van der Waals surface area contributed by atoms with E-state index in [0.29, 0.717) is 13.0 Å². The predicted octanol–water partition coefficient (Wildman–Crippen LogP) is 1.24. The third kappa shape index (κ3) is 1.65. The van der Waals surface area contributed by atoms with Crippen molar-refractivity contribution in [3.8, 4) is 11.3 Å². The van der Waals surface area contributed by atoms with Crippen molar-refractivity contribution in [3.63, 3.8) is 0 Å². The molecule has 4 nitrogen and oxygen atoms in total. The highest BCUT2D eigenvalue weighted by Crippen LogP contribution is 2.19. The van der Waals surface area contributed by atoms with Crippen LogP contribution in [-0.2, 0) is 6.42 Å². The second-order valence-electron chi connectivity index (χ2n) is 2.96. The number of hydrogen-bond acceptors (Lipinski definition) is 4. The minimum Gasteiger partial charge on any atom is -0.330 e. The minimum absolute atomic E-state index is 0.550. The molecule has 0 atom stereocenters. The van der Waals surface area contributed by atoms with Gasteiger partial charge in [0.25, 0.3) is 0 Å². The molecule has 1 heterocycles. The highest BCUT2D eigenvalue weighted by Gasteiger charge is 2.10. The minimum atomic E-state index is 0.550. The van der Waals surface area contributed by atoms with Gasteiger partial charge in [0.15, 0.2) is 0 Å². The smallest absolute Gasteiger partial charge is 0.138 e. The molecule has 0 saturated heterocycles. The fourth-order valence-corrected chi connectivity index (χ4v) is 1.32. The summed E-state index contributed by atoms with van der Waals surface area (Å²) in [4.78, 5) is 0. The third-order valence-electron chi connectivity index (χ3n) is 1.98. The number of hydrogen-bond donors (Lipinski definition) is 1. The predicted molar refractivity (Wildman–Crippen MR) is 52.5 cm³/mol. The first-order valence-electron chi connectivity index (χ1n) is 4.48. The summed E-state index contributed by atoms with van der Waals surface area (Å²) in [7, 11) is 0. The fraction of sp³-hybridized carbons (Fsp3) is 0.200. The highest BCUT2D eigenvalue weighted by molar-refractivity contribution is 5.60. The van der Waals surface area contributed by atoms with Crippen LogP contribution >= 0.6 is 0 Å². The summed E-state index contributed by atoms with van der Waals surface area (Å²) in [6.07, 6.45) is 0.688.